The van der Waals surface area contributed by atoms with Gasteiger partial charge in [0.05, 0.1) is 0 Å². The first-order valence-electron chi connectivity index (χ1n) is 4.83. The smallest absolute Gasteiger partial charge is 0.164 e. The summed E-state index contributed by atoms with van der Waals surface area (Å²) in [5, 5.41) is 4.03. The summed E-state index contributed by atoms with van der Waals surface area (Å²) in [4.78, 5) is 11.7. The van der Waals surface area contributed by atoms with Crippen LogP contribution in [-0.2, 0) is 0 Å². The minimum Gasteiger partial charge on any atom is -0.294 e. The standard InChI is InChI=1S/C11H14OS/c1-8-6-13-7-10(8)11(12)5-9-3-2-4-9/h6-7,9H,2-5H2,1H3. The number of rotatable bonds is 3. The van der Waals surface area contributed by atoms with E-state index in [0.717, 1.165) is 17.5 Å². The Morgan fingerprint density at radius 1 is 1.54 bits per heavy atom. The predicted molar refractivity (Wildman–Crippen MR) is 55.3 cm³/mol. The summed E-state index contributed by atoms with van der Waals surface area (Å²) in [6.45, 7) is 2.02. The van der Waals surface area contributed by atoms with E-state index in [1.165, 1.54) is 19.3 Å². The van der Waals surface area contributed by atoms with Gasteiger partial charge in [-0.1, -0.05) is 19.3 Å². The van der Waals surface area contributed by atoms with Crippen molar-refractivity contribution in [2.75, 3.05) is 0 Å². The second-order valence-corrected chi connectivity index (χ2v) is 4.64. The van der Waals surface area contributed by atoms with Crippen LogP contribution in [0.15, 0.2) is 10.8 Å². The van der Waals surface area contributed by atoms with Crippen molar-refractivity contribution >= 4 is 17.1 Å². The van der Waals surface area contributed by atoms with Crippen LogP contribution in [0.2, 0.25) is 0 Å². The van der Waals surface area contributed by atoms with Gasteiger partial charge in [0, 0.05) is 17.4 Å². The molecule has 1 heterocycles. The lowest BCUT2D eigenvalue weighted by Crippen LogP contribution is -2.15. The molecule has 0 amide bonds. The zero-order chi connectivity index (χ0) is 9.26. The topological polar surface area (TPSA) is 17.1 Å². The van der Waals surface area contributed by atoms with Gasteiger partial charge < -0.3 is 0 Å². The predicted octanol–water partition coefficient (Wildman–Crippen LogP) is 3.43. The number of carbonyl (C=O) groups is 1. The molecular formula is C11H14OS. The van der Waals surface area contributed by atoms with Crippen molar-refractivity contribution in [1.82, 2.24) is 0 Å². The number of carbonyl (C=O) groups excluding carboxylic acids is 1. The normalized spacial score (nSPS) is 17.0. The second kappa shape index (κ2) is 3.62. The fourth-order valence-corrected chi connectivity index (χ4v) is 2.57. The van der Waals surface area contributed by atoms with E-state index in [9.17, 15) is 4.79 Å². The Kier molecular flexibility index (Phi) is 2.49. The molecule has 1 saturated carbocycles. The van der Waals surface area contributed by atoms with Crippen molar-refractivity contribution in [1.29, 1.82) is 0 Å². The molecule has 70 valence electrons. The number of thiophene rings is 1. The minimum atomic E-state index is 0.350. The maximum absolute atomic E-state index is 11.7. The van der Waals surface area contributed by atoms with Crippen LogP contribution in [0.5, 0.6) is 0 Å². The van der Waals surface area contributed by atoms with Crippen LogP contribution >= 0.6 is 11.3 Å². The number of ketones is 1. The van der Waals surface area contributed by atoms with E-state index in [1.54, 1.807) is 11.3 Å². The highest BCUT2D eigenvalue weighted by Crippen LogP contribution is 2.31. The van der Waals surface area contributed by atoms with Gasteiger partial charge >= 0.3 is 0 Å². The fraction of sp³-hybridized carbons (Fsp3) is 0.545. The molecule has 1 aromatic rings. The summed E-state index contributed by atoms with van der Waals surface area (Å²) in [5.41, 5.74) is 2.10. The first-order valence-corrected chi connectivity index (χ1v) is 5.77. The highest BCUT2D eigenvalue weighted by Gasteiger charge is 2.22. The third-order valence-electron chi connectivity index (χ3n) is 2.85. The molecule has 1 aliphatic carbocycles. The van der Waals surface area contributed by atoms with Crippen LogP contribution in [0.4, 0.5) is 0 Å². The molecular weight excluding hydrogens is 180 g/mol. The molecule has 0 radical (unpaired) electrons. The first-order chi connectivity index (χ1) is 6.27. The van der Waals surface area contributed by atoms with Crippen molar-refractivity contribution in [2.45, 2.75) is 32.6 Å². The average Bonchev–Trinajstić information content (AvgIpc) is 2.43. The highest BCUT2D eigenvalue weighted by atomic mass is 32.1. The summed E-state index contributed by atoms with van der Waals surface area (Å²) in [6.07, 6.45) is 4.61. The van der Waals surface area contributed by atoms with Crippen molar-refractivity contribution in [3.63, 3.8) is 0 Å². The highest BCUT2D eigenvalue weighted by molar-refractivity contribution is 7.08. The van der Waals surface area contributed by atoms with Gasteiger partial charge in [-0.3, -0.25) is 4.79 Å². The van der Waals surface area contributed by atoms with Gasteiger partial charge in [0.2, 0.25) is 0 Å². The Morgan fingerprint density at radius 3 is 2.77 bits per heavy atom. The molecule has 2 heteroatoms. The van der Waals surface area contributed by atoms with E-state index in [-0.39, 0.29) is 0 Å². The number of hydrogen-bond acceptors (Lipinski definition) is 2. The number of aryl methyl sites for hydroxylation is 1. The fourth-order valence-electron chi connectivity index (χ4n) is 1.72. The quantitative estimate of drug-likeness (QED) is 0.674. The average molecular weight is 194 g/mol. The second-order valence-electron chi connectivity index (χ2n) is 3.89. The number of Topliss-reactive ketones (excluding diaryl/α,β-unsaturated/α-hetero) is 1. The molecule has 13 heavy (non-hydrogen) atoms. The molecule has 0 aliphatic heterocycles. The molecule has 1 aliphatic rings. The van der Waals surface area contributed by atoms with Crippen molar-refractivity contribution < 1.29 is 4.79 Å². The molecule has 1 aromatic heterocycles. The van der Waals surface area contributed by atoms with Gasteiger partial charge in [-0.2, -0.15) is 11.3 Å². The van der Waals surface area contributed by atoms with Crippen LogP contribution in [0.3, 0.4) is 0 Å². The Bertz CT molecular complexity index is 310. The molecule has 0 aromatic carbocycles. The van der Waals surface area contributed by atoms with E-state index < -0.39 is 0 Å². The lowest BCUT2D eigenvalue weighted by atomic mass is 9.81. The summed E-state index contributed by atoms with van der Waals surface area (Å²) >= 11 is 1.63. The van der Waals surface area contributed by atoms with Crippen molar-refractivity contribution in [3.8, 4) is 0 Å². The van der Waals surface area contributed by atoms with Crippen LogP contribution in [-0.4, -0.2) is 5.78 Å². The van der Waals surface area contributed by atoms with E-state index in [2.05, 4.69) is 0 Å². The van der Waals surface area contributed by atoms with Crippen LogP contribution in [0, 0.1) is 12.8 Å². The zero-order valence-corrected chi connectivity index (χ0v) is 8.69. The minimum absolute atomic E-state index is 0.350. The Hall–Kier alpha value is -0.630. The molecule has 0 saturated heterocycles. The molecule has 2 rings (SSSR count). The first kappa shape index (κ1) is 8.95. The molecule has 1 nitrogen and oxygen atoms in total. The lowest BCUT2D eigenvalue weighted by Gasteiger charge is -2.24. The summed E-state index contributed by atoms with van der Waals surface area (Å²) in [6, 6.07) is 0. The van der Waals surface area contributed by atoms with Gasteiger partial charge in [-0.15, -0.1) is 0 Å². The van der Waals surface area contributed by atoms with E-state index in [1.807, 2.05) is 17.7 Å². The number of hydrogen-bond donors (Lipinski definition) is 0. The third-order valence-corrected chi connectivity index (χ3v) is 3.72. The van der Waals surface area contributed by atoms with Gasteiger partial charge in [-0.05, 0) is 23.8 Å². The Labute approximate surface area is 82.8 Å². The van der Waals surface area contributed by atoms with E-state index in [4.69, 9.17) is 0 Å². The lowest BCUT2D eigenvalue weighted by molar-refractivity contribution is 0.0936. The Morgan fingerprint density at radius 2 is 2.31 bits per heavy atom. The largest absolute Gasteiger partial charge is 0.294 e. The van der Waals surface area contributed by atoms with Gasteiger partial charge in [-0.25, -0.2) is 0 Å². The van der Waals surface area contributed by atoms with Crippen molar-refractivity contribution in [2.24, 2.45) is 5.92 Å². The van der Waals surface area contributed by atoms with Crippen molar-refractivity contribution in [3.05, 3.63) is 21.9 Å². The van der Waals surface area contributed by atoms with Crippen LogP contribution in [0.25, 0.3) is 0 Å². The molecule has 0 N–H and O–H groups in total. The van der Waals surface area contributed by atoms with Gasteiger partial charge in [0.1, 0.15) is 0 Å². The molecule has 0 bridgehead atoms. The zero-order valence-electron chi connectivity index (χ0n) is 7.88. The molecule has 0 spiro atoms. The summed E-state index contributed by atoms with van der Waals surface area (Å²) < 4.78 is 0. The maximum Gasteiger partial charge on any atom is 0.164 e. The maximum atomic E-state index is 11.7. The summed E-state index contributed by atoms with van der Waals surface area (Å²) in [7, 11) is 0. The monoisotopic (exact) mass is 194 g/mol. The summed E-state index contributed by atoms with van der Waals surface area (Å²) in [5.74, 6) is 1.04. The SMILES string of the molecule is Cc1cscc1C(=O)CC1CCC1. The Balaban J connectivity index is 2.00. The van der Waals surface area contributed by atoms with E-state index >= 15 is 0 Å². The van der Waals surface area contributed by atoms with Crippen LogP contribution < -0.4 is 0 Å². The molecule has 0 atom stereocenters. The molecule has 0 unspecified atom stereocenters. The van der Waals surface area contributed by atoms with Gasteiger partial charge in [0.25, 0.3) is 0 Å². The van der Waals surface area contributed by atoms with Gasteiger partial charge in [0.15, 0.2) is 5.78 Å². The molecule has 1 fully saturated rings. The third kappa shape index (κ3) is 1.83. The van der Waals surface area contributed by atoms with E-state index in [0.29, 0.717) is 11.7 Å². The van der Waals surface area contributed by atoms with Crippen LogP contribution in [0.1, 0.15) is 41.6 Å².